The lowest BCUT2D eigenvalue weighted by Crippen LogP contribution is -2.16. The molecule has 4 heteroatoms. The maximum atomic E-state index is 9.65. The molecule has 0 heterocycles. The Labute approximate surface area is 114 Å². The molecule has 2 N–H and O–H groups in total. The van der Waals surface area contributed by atoms with E-state index in [1.807, 2.05) is 6.07 Å². The zero-order valence-electron chi connectivity index (χ0n) is 11.5. The fourth-order valence-corrected chi connectivity index (χ4v) is 1.91. The fraction of sp³-hybridized carbons (Fsp3) is 0.600. The van der Waals surface area contributed by atoms with E-state index < -0.39 is 0 Å². The molecule has 1 aromatic carbocycles. The van der Waals surface area contributed by atoms with Crippen LogP contribution < -0.4 is 10.1 Å². The van der Waals surface area contributed by atoms with E-state index in [1.165, 1.54) is 12.8 Å². The van der Waals surface area contributed by atoms with Crippen LogP contribution in [0.25, 0.3) is 0 Å². The molecule has 0 amide bonds. The number of hydrogen-bond acceptors (Lipinski definition) is 4. The molecular formula is C15H23NO3. The topological polar surface area (TPSA) is 50.7 Å². The number of phenolic OH excluding ortho intramolecular Hbond substituents is 1. The molecule has 2 rings (SSSR count). The molecule has 0 aromatic heterocycles. The number of hydrogen-bond donors (Lipinski definition) is 2. The molecule has 0 radical (unpaired) electrons. The molecule has 1 aliphatic carbocycles. The van der Waals surface area contributed by atoms with E-state index in [4.69, 9.17) is 9.47 Å². The average molecular weight is 265 g/mol. The normalized spacial score (nSPS) is 14.6. The Bertz CT molecular complexity index is 391. The first-order chi connectivity index (χ1) is 9.29. The molecule has 0 aliphatic heterocycles. The first kappa shape index (κ1) is 14.2. The van der Waals surface area contributed by atoms with Gasteiger partial charge in [0.05, 0.1) is 7.11 Å². The predicted octanol–water partition coefficient (Wildman–Crippen LogP) is 2.31. The minimum atomic E-state index is 0.189. The van der Waals surface area contributed by atoms with Crippen LogP contribution in [0.2, 0.25) is 0 Å². The van der Waals surface area contributed by atoms with Crippen molar-refractivity contribution in [2.45, 2.75) is 25.8 Å². The zero-order valence-corrected chi connectivity index (χ0v) is 11.5. The largest absolute Gasteiger partial charge is 0.504 e. The second kappa shape index (κ2) is 7.36. The highest BCUT2D eigenvalue weighted by Gasteiger charge is 2.20. The third-order valence-electron chi connectivity index (χ3n) is 3.27. The summed E-state index contributed by atoms with van der Waals surface area (Å²) in [6, 6.07) is 5.47. The van der Waals surface area contributed by atoms with Crippen molar-refractivity contribution in [1.29, 1.82) is 0 Å². The Morgan fingerprint density at radius 1 is 1.37 bits per heavy atom. The molecule has 1 aromatic rings. The van der Waals surface area contributed by atoms with E-state index in [-0.39, 0.29) is 5.75 Å². The van der Waals surface area contributed by atoms with Crippen molar-refractivity contribution < 1.29 is 14.6 Å². The highest BCUT2D eigenvalue weighted by Crippen LogP contribution is 2.28. The van der Waals surface area contributed by atoms with Crippen LogP contribution >= 0.6 is 0 Å². The molecule has 0 unspecified atom stereocenters. The van der Waals surface area contributed by atoms with Gasteiger partial charge in [-0.1, -0.05) is 6.07 Å². The number of benzene rings is 1. The Kier molecular flexibility index (Phi) is 5.48. The van der Waals surface area contributed by atoms with Gasteiger partial charge in [0, 0.05) is 19.8 Å². The molecule has 1 saturated carbocycles. The van der Waals surface area contributed by atoms with Gasteiger partial charge >= 0.3 is 0 Å². The van der Waals surface area contributed by atoms with Gasteiger partial charge in [0.15, 0.2) is 11.5 Å². The van der Waals surface area contributed by atoms with Gasteiger partial charge in [-0.2, -0.15) is 0 Å². The van der Waals surface area contributed by atoms with Gasteiger partial charge in [0.2, 0.25) is 0 Å². The monoisotopic (exact) mass is 265 g/mol. The standard InChI is InChI=1S/C15H23NO3/c1-18-15-6-5-13(9-14(15)17)10-16-7-2-8-19-11-12-3-4-12/h5-6,9,12,16-17H,2-4,7-8,10-11H2,1H3. The van der Waals surface area contributed by atoms with Gasteiger partial charge in [-0.3, -0.25) is 0 Å². The van der Waals surface area contributed by atoms with Crippen molar-refractivity contribution >= 4 is 0 Å². The molecular weight excluding hydrogens is 242 g/mol. The summed E-state index contributed by atoms with van der Waals surface area (Å²) >= 11 is 0. The second-order valence-electron chi connectivity index (χ2n) is 5.05. The average Bonchev–Trinajstić information content (AvgIpc) is 3.22. The third kappa shape index (κ3) is 5.09. The van der Waals surface area contributed by atoms with Crippen LogP contribution in [0, 0.1) is 5.92 Å². The van der Waals surface area contributed by atoms with Gasteiger partial charge in [0.25, 0.3) is 0 Å². The summed E-state index contributed by atoms with van der Waals surface area (Å²) in [6.45, 7) is 3.45. The second-order valence-corrected chi connectivity index (χ2v) is 5.05. The van der Waals surface area contributed by atoms with E-state index in [2.05, 4.69) is 5.32 Å². The number of ether oxygens (including phenoxy) is 2. The van der Waals surface area contributed by atoms with Crippen molar-refractivity contribution in [2.24, 2.45) is 5.92 Å². The van der Waals surface area contributed by atoms with Gasteiger partial charge in [-0.15, -0.1) is 0 Å². The number of aromatic hydroxyl groups is 1. The van der Waals surface area contributed by atoms with E-state index >= 15 is 0 Å². The Balaban J connectivity index is 1.55. The van der Waals surface area contributed by atoms with Crippen LogP contribution in [0.5, 0.6) is 11.5 Å². The number of phenols is 1. The summed E-state index contributed by atoms with van der Waals surface area (Å²) in [6.07, 6.45) is 3.72. The van der Waals surface area contributed by atoms with Gasteiger partial charge in [-0.05, 0) is 49.4 Å². The van der Waals surface area contributed by atoms with Crippen molar-refractivity contribution in [3.8, 4) is 11.5 Å². The van der Waals surface area contributed by atoms with E-state index in [9.17, 15) is 5.11 Å². The van der Waals surface area contributed by atoms with Crippen LogP contribution in [-0.2, 0) is 11.3 Å². The van der Waals surface area contributed by atoms with Gasteiger partial charge < -0.3 is 19.9 Å². The molecule has 1 aliphatic rings. The SMILES string of the molecule is COc1ccc(CNCCCOCC2CC2)cc1O. The molecule has 106 valence electrons. The van der Waals surface area contributed by atoms with E-state index in [1.54, 1.807) is 19.2 Å². The van der Waals surface area contributed by atoms with Crippen LogP contribution in [0.4, 0.5) is 0 Å². The molecule has 4 nitrogen and oxygen atoms in total. The quantitative estimate of drug-likeness (QED) is 0.673. The van der Waals surface area contributed by atoms with Gasteiger partial charge in [-0.25, -0.2) is 0 Å². The van der Waals surface area contributed by atoms with Gasteiger partial charge in [0.1, 0.15) is 0 Å². The molecule has 0 atom stereocenters. The Morgan fingerprint density at radius 2 is 2.21 bits per heavy atom. The van der Waals surface area contributed by atoms with Crippen molar-refractivity contribution in [2.75, 3.05) is 26.9 Å². The zero-order chi connectivity index (χ0) is 13.5. The highest BCUT2D eigenvalue weighted by atomic mass is 16.5. The summed E-state index contributed by atoms with van der Waals surface area (Å²) in [5, 5.41) is 13.0. The van der Waals surface area contributed by atoms with Crippen LogP contribution in [0.1, 0.15) is 24.8 Å². The maximum absolute atomic E-state index is 9.65. The van der Waals surface area contributed by atoms with Crippen LogP contribution in [-0.4, -0.2) is 32.0 Å². The number of methoxy groups -OCH3 is 1. The highest BCUT2D eigenvalue weighted by molar-refractivity contribution is 5.41. The summed E-state index contributed by atoms with van der Waals surface area (Å²) in [7, 11) is 1.55. The fourth-order valence-electron chi connectivity index (χ4n) is 1.91. The smallest absolute Gasteiger partial charge is 0.160 e. The predicted molar refractivity (Wildman–Crippen MR) is 74.5 cm³/mol. The third-order valence-corrected chi connectivity index (χ3v) is 3.27. The van der Waals surface area contributed by atoms with E-state index in [0.717, 1.165) is 44.2 Å². The van der Waals surface area contributed by atoms with E-state index in [0.29, 0.717) is 5.75 Å². The van der Waals surface area contributed by atoms with Crippen molar-refractivity contribution in [3.05, 3.63) is 23.8 Å². The molecule has 0 bridgehead atoms. The maximum Gasteiger partial charge on any atom is 0.160 e. The molecule has 0 saturated heterocycles. The van der Waals surface area contributed by atoms with Crippen LogP contribution in [0.15, 0.2) is 18.2 Å². The first-order valence-corrected chi connectivity index (χ1v) is 6.94. The Hall–Kier alpha value is -1.26. The summed E-state index contributed by atoms with van der Waals surface area (Å²) in [4.78, 5) is 0. The number of rotatable bonds is 9. The van der Waals surface area contributed by atoms with Crippen molar-refractivity contribution in [3.63, 3.8) is 0 Å². The summed E-state index contributed by atoms with van der Waals surface area (Å²) < 4.78 is 10.6. The first-order valence-electron chi connectivity index (χ1n) is 6.94. The van der Waals surface area contributed by atoms with Crippen LogP contribution in [0.3, 0.4) is 0 Å². The Morgan fingerprint density at radius 3 is 2.89 bits per heavy atom. The lowest BCUT2D eigenvalue weighted by atomic mass is 10.2. The lowest BCUT2D eigenvalue weighted by molar-refractivity contribution is 0.122. The lowest BCUT2D eigenvalue weighted by Gasteiger charge is -2.08. The molecule has 19 heavy (non-hydrogen) atoms. The van der Waals surface area contributed by atoms with Crippen molar-refractivity contribution in [1.82, 2.24) is 5.32 Å². The molecule has 1 fully saturated rings. The minimum absolute atomic E-state index is 0.189. The number of nitrogens with one attached hydrogen (secondary N) is 1. The molecule has 0 spiro atoms. The summed E-state index contributed by atoms with van der Waals surface area (Å²) in [5.74, 6) is 1.54. The minimum Gasteiger partial charge on any atom is -0.504 e. The summed E-state index contributed by atoms with van der Waals surface area (Å²) in [5.41, 5.74) is 1.05.